The molecule has 31 heavy (non-hydrogen) atoms. The van der Waals surface area contributed by atoms with Gasteiger partial charge in [-0.05, 0) is 62.4 Å². The van der Waals surface area contributed by atoms with Crippen LogP contribution in [0.25, 0.3) is 10.9 Å². The van der Waals surface area contributed by atoms with Crippen molar-refractivity contribution in [3.63, 3.8) is 0 Å². The monoisotopic (exact) mass is 440 g/mol. The van der Waals surface area contributed by atoms with Crippen LogP contribution in [0.15, 0.2) is 36.4 Å². The molecule has 1 aliphatic rings. The maximum atomic E-state index is 12.6. The van der Waals surface area contributed by atoms with E-state index in [0.717, 1.165) is 35.9 Å². The van der Waals surface area contributed by atoms with Crippen molar-refractivity contribution in [2.45, 2.75) is 45.2 Å². The predicted molar refractivity (Wildman–Crippen MR) is 121 cm³/mol. The number of halogens is 1. The summed E-state index contributed by atoms with van der Waals surface area (Å²) in [5.41, 5.74) is 8.26. The van der Waals surface area contributed by atoms with E-state index in [4.69, 9.17) is 17.3 Å². The second-order valence-electron chi connectivity index (χ2n) is 8.06. The molecule has 1 aromatic carbocycles. The van der Waals surface area contributed by atoms with Crippen molar-refractivity contribution < 1.29 is 9.59 Å². The van der Waals surface area contributed by atoms with E-state index < -0.39 is 0 Å². The van der Waals surface area contributed by atoms with Gasteiger partial charge in [-0.15, -0.1) is 0 Å². The first-order valence-corrected chi connectivity index (χ1v) is 10.7. The lowest BCUT2D eigenvalue weighted by Gasteiger charge is -2.14. The molecule has 9 heteroatoms. The number of aryl methyl sites for hydroxylation is 1. The zero-order chi connectivity index (χ0) is 22.0. The Bertz CT molecular complexity index is 1130. The van der Waals surface area contributed by atoms with Gasteiger partial charge in [-0.2, -0.15) is 5.10 Å². The SMILES string of the molecule is Cc1nn(CC(=O)NC2CCC(CC(=O)Nc3cccc(Cl)n3)C2)c2ccc(N)cc12. The van der Waals surface area contributed by atoms with Crippen LogP contribution in [0.4, 0.5) is 11.5 Å². The number of anilines is 2. The average molecular weight is 441 g/mol. The number of rotatable bonds is 6. The van der Waals surface area contributed by atoms with E-state index in [-0.39, 0.29) is 30.3 Å². The third-order valence-corrected chi connectivity index (χ3v) is 5.83. The molecule has 1 aliphatic carbocycles. The quantitative estimate of drug-likeness (QED) is 0.402. The molecule has 2 unspecified atom stereocenters. The second kappa shape index (κ2) is 8.93. The summed E-state index contributed by atoms with van der Waals surface area (Å²) in [6.45, 7) is 2.05. The number of benzene rings is 1. The molecule has 8 nitrogen and oxygen atoms in total. The molecule has 3 aromatic rings. The molecule has 2 heterocycles. The van der Waals surface area contributed by atoms with Gasteiger partial charge in [0.2, 0.25) is 11.8 Å². The fourth-order valence-corrected chi connectivity index (χ4v) is 4.38. The molecular weight excluding hydrogens is 416 g/mol. The van der Waals surface area contributed by atoms with E-state index in [2.05, 4.69) is 20.7 Å². The minimum atomic E-state index is -0.0931. The van der Waals surface area contributed by atoms with Crippen LogP contribution < -0.4 is 16.4 Å². The van der Waals surface area contributed by atoms with Crippen molar-refractivity contribution in [3.05, 3.63) is 47.2 Å². The summed E-state index contributed by atoms with van der Waals surface area (Å²) in [5.74, 6) is 0.494. The van der Waals surface area contributed by atoms with Gasteiger partial charge in [-0.25, -0.2) is 4.98 Å². The fraction of sp³-hybridized carbons (Fsp3) is 0.364. The lowest BCUT2D eigenvalue weighted by molar-refractivity contribution is -0.122. The van der Waals surface area contributed by atoms with Crippen molar-refractivity contribution in [3.8, 4) is 0 Å². The zero-order valence-electron chi connectivity index (χ0n) is 17.3. The third-order valence-electron chi connectivity index (χ3n) is 5.62. The van der Waals surface area contributed by atoms with Gasteiger partial charge in [0.15, 0.2) is 0 Å². The van der Waals surface area contributed by atoms with Crippen LogP contribution in [0.1, 0.15) is 31.4 Å². The molecule has 0 radical (unpaired) electrons. The molecule has 0 spiro atoms. The van der Waals surface area contributed by atoms with Gasteiger partial charge in [-0.3, -0.25) is 14.3 Å². The highest BCUT2D eigenvalue weighted by Gasteiger charge is 2.28. The maximum Gasteiger partial charge on any atom is 0.241 e. The van der Waals surface area contributed by atoms with Crippen LogP contribution in [0.2, 0.25) is 5.15 Å². The lowest BCUT2D eigenvalue weighted by atomic mass is 10.0. The number of nitrogens with two attached hydrogens (primary N) is 1. The van der Waals surface area contributed by atoms with E-state index >= 15 is 0 Å². The van der Waals surface area contributed by atoms with Crippen LogP contribution in [0, 0.1) is 12.8 Å². The molecule has 0 saturated heterocycles. The number of nitrogens with one attached hydrogen (secondary N) is 2. The molecular formula is C22H25ClN6O2. The number of hydrogen-bond donors (Lipinski definition) is 3. The average Bonchev–Trinajstić information content (AvgIpc) is 3.25. The van der Waals surface area contributed by atoms with Crippen molar-refractivity contribution in [1.82, 2.24) is 20.1 Å². The number of hydrogen-bond acceptors (Lipinski definition) is 5. The maximum absolute atomic E-state index is 12.6. The molecule has 162 valence electrons. The first kappa shape index (κ1) is 21.1. The highest BCUT2D eigenvalue weighted by atomic mass is 35.5. The first-order valence-electron chi connectivity index (χ1n) is 10.3. The highest BCUT2D eigenvalue weighted by molar-refractivity contribution is 6.29. The predicted octanol–water partition coefficient (Wildman–Crippen LogP) is 3.29. The summed E-state index contributed by atoms with van der Waals surface area (Å²) in [5, 5.41) is 11.6. The van der Waals surface area contributed by atoms with E-state index in [0.29, 0.717) is 23.1 Å². The smallest absolute Gasteiger partial charge is 0.241 e. The van der Waals surface area contributed by atoms with Gasteiger partial charge in [0.1, 0.15) is 17.5 Å². The first-order chi connectivity index (χ1) is 14.9. The summed E-state index contributed by atoms with van der Waals surface area (Å²) in [6, 6.07) is 10.7. The Labute approximate surface area is 185 Å². The molecule has 4 N–H and O–H groups in total. The van der Waals surface area contributed by atoms with Gasteiger partial charge in [0, 0.05) is 23.5 Å². The van der Waals surface area contributed by atoms with E-state index in [1.807, 2.05) is 25.1 Å². The van der Waals surface area contributed by atoms with Crippen molar-refractivity contribution in [2.75, 3.05) is 11.1 Å². The molecule has 4 rings (SSSR count). The number of nitrogen functional groups attached to an aromatic ring is 1. The number of carbonyl (C=O) groups is 2. The van der Waals surface area contributed by atoms with Gasteiger partial charge in [0.25, 0.3) is 0 Å². The van der Waals surface area contributed by atoms with Gasteiger partial charge < -0.3 is 16.4 Å². The van der Waals surface area contributed by atoms with Crippen LogP contribution in [0.3, 0.4) is 0 Å². The summed E-state index contributed by atoms with van der Waals surface area (Å²) in [6.07, 6.45) is 2.92. The number of nitrogens with zero attached hydrogens (tertiary/aromatic N) is 3. The van der Waals surface area contributed by atoms with Crippen molar-refractivity contribution in [2.24, 2.45) is 5.92 Å². The Balaban J connectivity index is 1.28. The van der Waals surface area contributed by atoms with Crippen LogP contribution in [0.5, 0.6) is 0 Å². The lowest BCUT2D eigenvalue weighted by Crippen LogP contribution is -2.35. The number of fused-ring (bicyclic) bond motifs is 1. The Morgan fingerprint density at radius 2 is 2.06 bits per heavy atom. The minimum absolute atomic E-state index is 0.0631. The topological polar surface area (TPSA) is 115 Å². The largest absolute Gasteiger partial charge is 0.399 e. The molecule has 1 saturated carbocycles. The van der Waals surface area contributed by atoms with Crippen molar-refractivity contribution in [1.29, 1.82) is 0 Å². The van der Waals surface area contributed by atoms with E-state index in [1.165, 1.54) is 0 Å². The Kier molecular flexibility index (Phi) is 6.08. The number of pyridine rings is 1. The summed E-state index contributed by atoms with van der Waals surface area (Å²) < 4.78 is 1.71. The van der Waals surface area contributed by atoms with Gasteiger partial charge in [-0.1, -0.05) is 17.7 Å². The fourth-order valence-electron chi connectivity index (χ4n) is 4.21. The number of carbonyl (C=O) groups excluding carboxylic acids is 2. The molecule has 2 atom stereocenters. The Morgan fingerprint density at radius 1 is 1.23 bits per heavy atom. The van der Waals surface area contributed by atoms with E-state index in [9.17, 15) is 9.59 Å². The molecule has 0 aliphatic heterocycles. The molecule has 1 fully saturated rings. The Morgan fingerprint density at radius 3 is 2.87 bits per heavy atom. The molecule has 0 bridgehead atoms. The minimum Gasteiger partial charge on any atom is -0.399 e. The highest BCUT2D eigenvalue weighted by Crippen LogP contribution is 2.29. The van der Waals surface area contributed by atoms with Crippen LogP contribution >= 0.6 is 11.6 Å². The Hall–Kier alpha value is -3.13. The molecule has 2 amide bonds. The summed E-state index contributed by atoms with van der Waals surface area (Å²) in [7, 11) is 0. The second-order valence-corrected chi connectivity index (χ2v) is 8.45. The zero-order valence-corrected chi connectivity index (χ0v) is 18.0. The standard InChI is InChI=1S/C22H25ClN6O2/c1-13-17-11-15(24)6-8-18(17)29(28-13)12-22(31)25-16-7-5-14(9-16)10-21(30)27-20-4-2-3-19(23)26-20/h2-4,6,8,11,14,16H,5,7,9-10,12,24H2,1H3,(H,25,31)(H,26,27,30). The van der Waals surface area contributed by atoms with E-state index in [1.54, 1.807) is 22.9 Å². The van der Waals surface area contributed by atoms with Crippen LogP contribution in [-0.2, 0) is 16.1 Å². The van der Waals surface area contributed by atoms with Gasteiger partial charge in [0.05, 0.1) is 11.2 Å². The van der Waals surface area contributed by atoms with Crippen molar-refractivity contribution >= 4 is 45.8 Å². The van der Waals surface area contributed by atoms with Crippen LogP contribution in [-0.4, -0.2) is 32.6 Å². The van der Waals surface area contributed by atoms with Gasteiger partial charge >= 0.3 is 0 Å². The summed E-state index contributed by atoms with van der Waals surface area (Å²) in [4.78, 5) is 29.0. The molecule has 2 aromatic heterocycles. The summed E-state index contributed by atoms with van der Waals surface area (Å²) >= 11 is 5.85. The number of amides is 2. The normalized spacial score (nSPS) is 18.3. The third kappa shape index (κ3) is 5.14. The number of aromatic nitrogens is 3.